The Balaban J connectivity index is 1.41. The number of ether oxygens (including phenoxy) is 1. The molecule has 0 radical (unpaired) electrons. The first kappa shape index (κ1) is 33.5. The van der Waals surface area contributed by atoms with Gasteiger partial charge in [-0.3, -0.25) is 9.59 Å². The van der Waals surface area contributed by atoms with Gasteiger partial charge in [-0.05, 0) is 61.0 Å². The van der Waals surface area contributed by atoms with Crippen molar-refractivity contribution < 1.29 is 27.9 Å². The van der Waals surface area contributed by atoms with Crippen molar-refractivity contribution >= 4 is 50.0 Å². The highest BCUT2D eigenvalue weighted by molar-refractivity contribution is 7.89. The van der Waals surface area contributed by atoms with Crippen LogP contribution in [0.25, 0.3) is 10.9 Å². The van der Waals surface area contributed by atoms with E-state index in [0.29, 0.717) is 22.0 Å². The third-order valence-corrected chi connectivity index (χ3v) is 10.6. The smallest absolute Gasteiger partial charge is 0.242 e. The maximum Gasteiger partial charge on any atom is 0.242 e. The maximum atomic E-state index is 13.6. The molecule has 0 fully saturated rings. The number of nitrogens with zero attached hydrogens (tertiary/aromatic N) is 3. The van der Waals surface area contributed by atoms with Crippen LogP contribution in [0.15, 0.2) is 77.8 Å². The van der Waals surface area contributed by atoms with Crippen molar-refractivity contribution in [3.8, 4) is 5.75 Å². The number of hydrogen-bond acceptors (Lipinski definition) is 6. The molecule has 244 valence electrons. The number of hydrogen-bond donors (Lipinski definition) is 2. The lowest BCUT2D eigenvalue weighted by Gasteiger charge is -2.33. The van der Waals surface area contributed by atoms with Crippen molar-refractivity contribution in [2.45, 2.75) is 43.7 Å². The minimum Gasteiger partial charge on any atom is -0.488 e. The molecule has 4 aromatic rings. The predicted molar refractivity (Wildman–Crippen MR) is 179 cm³/mol. The zero-order valence-corrected chi connectivity index (χ0v) is 27.9. The summed E-state index contributed by atoms with van der Waals surface area (Å²) in [6, 6.07) is 18.5. The summed E-state index contributed by atoms with van der Waals surface area (Å²) < 4.78 is 36.5. The van der Waals surface area contributed by atoms with Gasteiger partial charge in [0.1, 0.15) is 11.9 Å². The van der Waals surface area contributed by atoms with Crippen molar-refractivity contribution in [1.82, 2.24) is 13.8 Å². The third-order valence-electron chi connectivity index (χ3n) is 8.49. The van der Waals surface area contributed by atoms with E-state index >= 15 is 0 Å². The van der Waals surface area contributed by atoms with Gasteiger partial charge >= 0.3 is 0 Å². The fourth-order valence-electron chi connectivity index (χ4n) is 5.81. The number of aliphatic hydroxyl groups is 1. The minimum atomic E-state index is -3.86. The second-order valence-corrected chi connectivity index (χ2v) is 14.4. The van der Waals surface area contributed by atoms with Gasteiger partial charge in [0.25, 0.3) is 0 Å². The number of nitrogens with one attached hydrogen (secondary N) is 1. The highest BCUT2D eigenvalue weighted by Gasteiger charge is 2.33. The summed E-state index contributed by atoms with van der Waals surface area (Å²) in [5.41, 5.74) is 2.99. The number of halogens is 1. The van der Waals surface area contributed by atoms with E-state index in [0.717, 1.165) is 16.5 Å². The van der Waals surface area contributed by atoms with Gasteiger partial charge in [-0.15, -0.1) is 0 Å². The molecule has 0 saturated carbocycles. The van der Waals surface area contributed by atoms with Crippen molar-refractivity contribution in [2.24, 2.45) is 13.0 Å². The van der Waals surface area contributed by atoms with Gasteiger partial charge in [-0.2, -0.15) is 4.31 Å². The number of benzene rings is 3. The van der Waals surface area contributed by atoms with E-state index in [9.17, 15) is 23.1 Å². The number of aliphatic hydroxyl groups excluding tert-OH is 1. The Bertz CT molecular complexity index is 1840. The zero-order chi connectivity index (χ0) is 33.2. The number of amides is 2. The second kappa shape index (κ2) is 13.8. The number of carbonyl (C=O) groups is 2. The first-order chi connectivity index (χ1) is 21.9. The quantitative estimate of drug-likeness (QED) is 0.272. The average molecular weight is 667 g/mol. The second-order valence-electron chi connectivity index (χ2n) is 12.0. The Hall–Kier alpha value is -3.90. The molecular weight excluding hydrogens is 628 g/mol. The van der Waals surface area contributed by atoms with Crippen LogP contribution >= 0.6 is 11.6 Å². The Morgan fingerprint density at radius 3 is 2.59 bits per heavy atom. The van der Waals surface area contributed by atoms with Crippen LogP contribution in [0.3, 0.4) is 0 Å². The molecule has 1 aliphatic heterocycles. The highest BCUT2D eigenvalue weighted by atomic mass is 35.5. The Morgan fingerprint density at radius 2 is 1.87 bits per heavy atom. The summed E-state index contributed by atoms with van der Waals surface area (Å²) in [6.07, 6.45) is 1.45. The predicted octanol–water partition coefficient (Wildman–Crippen LogP) is 4.48. The maximum absolute atomic E-state index is 13.6. The number of anilines is 1. The summed E-state index contributed by atoms with van der Waals surface area (Å²) >= 11 is 5.97. The summed E-state index contributed by atoms with van der Waals surface area (Å²) in [7, 11) is -0.434. The summed E-state index contributed by atoms with van der Waals surface area (Å²) in [5, 5.41) is 14.3. The number of aromatic nitrogens is 1. The largest absolute Gasteiger partial charge is 0.488 e. The molecule has 2 amide bonds. The summed E-state index contributed by atoms with van der Waals surface area (Å²) in [5.74, 6) is -0.289. The van der Waals surface area contributed by atoms with E-state index in [1.54, 1.807) is 30.0 Å². The lowest BCUT2D eigenvalue weighted by molar-refractivity contribution is -0.134. The SMILES string of the molecule is C[C@H](CO)N1C[C@H](C)[C@@H](CN(C)S(=O)(=O)c2ccc(Cl)cc2)Oc2ccc(NC(=O)Cc3cn(C)c4ccccc34)cc2CC1=O. The highest BCUT2D eigenvalue weighted by Crippen LogP contribution is 2.30. The average Bonchev–Trinajstić information content (AvgIpc) is 3.35. The molecule has 2 heterocycles. The number of rotatable bonds is 9. The van der Waals surface area contributed by atoms with Gasteiger partial charge in [0.15, 0.2) is 0 Å². The van der Waals surface area contributed by atoms with Crippen molar-refractivity contribution in [3.05, 3.63) is 89.1 Å². The fourth-order valence-corrected chi connectivity index (χ4v) is 7.12. The van der Waals surface area contributed by atoms with Gasteiger partial charge in [0.2, 0.25) is 21.8 Å². The number of carbonyl (C=O) groups excluding carboxylic acids is 2. The molecule has 1 aromatic heterocycles. The van der Waals surface area contributed by atoms with Crippen LogP contribution in [-0.2, 0) is 39.5 Å². The molecule has 1 aliphatic rings. The molecule has 0 saturated heterocycles. The molecule has 0 aliphatic carbocycles. The molecule has 5 rings (SSSR count). The van der Waals surface area contributed by atoms with Crippen LogP contribution < -0.4 is 10.1 Å². The number of likely N-dealkylation sites (N-methyl/N-ethyl adjacent to an activating group) is 1. The van der Waals surface area contributed by atoms with E-state index in [-0.39, 0.29) is 55.2 Å². The van der Waals surface area contributed by atoms with E-state index in [1.165, 1.54) is 35.6 Å². The van der Waals surface area contributed by atoms with Crippen molar-refractivity contribution in [1.29, 1.82) is 0 Å². The van der Waals surface area contributed by atoms with Crippen molar-refractivity contribution in [3.63, 3.8) is 0 Å². The first-order valence-corrected chi connectivity index (χ1v) is 16.9. The molecule has 10 nitrogen and oxygen atoms in total. The minimum absolute atomic E-state index is 0.00459. The molecule has 0 spiro atoms. The van der Waals surface area contributed by atoms with Crippen LogP contribution in [0.2, 0.25) is 5.02 Å². The Kier molecular flexibility index (Phi) is 10.1. The molecule has 3 aromatic carbocycles. The normalized spacial score (nSPS) is 18.0. The first-order valence-electron chi connectivity index (χ1n) is 15.1. The lowest BCUT2D eigenvalue weighted by Crippen LogP contribution is -2.48. The molecule has 0 bridgehead atoms. The van der Waals surface area contributed by atoms with Crippen molar-refractivity contribution in [2.75, 3.05) is 32.1 Å². The molecule has 3 atom stereocenters. The molecular formula is C34H39ClN4O6S. The summed E-state index contributed by atoms with van der Waals surface area (Å²) in [6.45, 7) is 3.68. The number of sulfonamides is 1. The molecule has 12 heteroatoms. The van der Waals surface area contributed by atoms with Gasteiger partial charge in [0, 0.05) is 59.9 Å². The standard InChI is InChI=1S/C34H39ClN4O6S/c1-22-18-39(23(2)21-40)34(42)17-24-15-27(36-33(41)16-25-19-37(3)30-8-6-5-7-29(25)30)11-14-31(24)45-32(22)20-38(4)46(43,44)28-12-9-26(35)10-13-28/h5-15,19,22-23,32,40H,16-18,20-21H2,1-4H3,(H,36,41)/t22-,23+,32+/m0/s1. The number of aryl methyl sites for hydroxylation is 1. The summed E-state index contributed by atoms with van der Waals surface area (Å²) in [4.78, 5) is 28.4. The van der Waals surface area contributed by atoms with Crippen LogP contribution in [0, 0.1) is 5.92 Å². The van der Waals surface area contributed by atoms with E-state index in [2.05, 4.69) is 5.32 Å². The van der Waals surface area contributed by atoms with Crippen LogP contribution in [0.4, 0.5) is 5.69 Å². The van der Waals surface area contributed by atoms with Crippen LogP contribution in [0.5, 0.6) is 5.75 Å². The van der Waals surface area contributed by atoms with Crippen LogP contribution in [-0.4, -0.2) is 78.0 Å². The van der Waals surface area contributed by atoms with Gasteiger partial charge in [-0.25, -0.2) is 8.42 Å². The van der Waals surface area contributed by atoms with Gasteiger partial charge in [-0.1, -0.05) is 36.7 Å². The third kappa shape index (κ3) is 7.23. The number of para-hydroxylation sites is 1. The topological polar surface area (TPSA) is 121 Å². The van der Waals surface area contributed by atoms with Gasteiger partial charge < -0.3 is 24.6 Å². The van der Waals surface area contributed by atoms with E-state index in [4.69, 9.17) is 16.3 Å². The molecule has 0 unspecified atom stereocenters. The van der Waals surface area contributed by atoms with Gasteiger partial charge in [0.05, 0.1) is 36.9 Å². The molecule has 46 heavy (non-hydrogen) atoms. The fraction of sp³-hybridized carbons (Fsp3) is 0.353. The Labute approximate surface area is 274 Å². The van der Waals surface area contributed by atoms with Crippen LogP contribution in [0.1, 0.15) is 25.0 Å². The monoisotopic (exact) mass is 666 g/mol. The van der Waals surface area contributed by atoms with E-state index < -0.39 is 22.2 Å². The zero-order valence-electron chi connectivity index (χ0n) is 26.3. The number of fused-ring (bicyclic) bond motifs is 2. The van der Waals surface area contributed by atoms with E-state index in [1.807, 2.05) is 49.0 Å². The lowest BCUT2D eigenvalue weighted by atomic mass is 10.0. The molecule has 2 N–H and O–H groups in total. The Morgan fingerprint density at radius 1 is 1.15 bits per heavy atom.